The summed E-state index contributed by atoms with van der Waals surface area (Å²) in [6, 6.07) is 65.9. The predicted molar refractivity (Wildman–Crippen MR) is 222 cm³/mol. The fourth-order valence-electron chi connectivity index (χ4n) is 8.01. The molecule has 10 aromatic rings. The van der Waals surface area contributed by atoms with Crippen LogP contribution in [0.15, 0.2) is 182 Å². The van der Waals surface area contributed by atoms with Crippen molar-refractivity contribution in [3.8, 4) is 50.8 Å². The van der Waals surface area contributed by atoms with Gasteiger partial charge in [0, 0.05) is 27.2 Å². The van der Waals surface area contributed by atoms with E-state index in [2.05, 4.69) is 178 Å². The predicted octanol–water partition coefficient (Wildman–Crippen LogP) is 13.3. The van der Waals surface area contributed by atoms with E-state index in [9.17, 15) is 5.26 Å². The summed E-state index contributed by atoms with van der Waals surface area (Å²) in [4.78, 5) is 3.70. The molecule has 0 N–H and O–H groups in total. The number of rotatable bonds is 5. The highest BCUT2D eigenvalue weighted by Crippen LogP contribution is 2.41. The van der Waals surface area contributed by atoms with Crippen LogP contribution in [0.3, 0.4) is 0 Å². The molecule has 8 aromatic carbocycles. The van der Waals surface area contributed by atoms with Gasteiger partial charge < -0.3 is 9.13 Å². The Morgan fingerprint density at radius 2 is 0.889 bits per heavy atom. The topological polar surface area (TPSA) is 38.0 Å². The van der Waals surface area contributed by atoms with E-state index in [0.29, 0.717) is 16.9 Å². The summed E-state index contributed by atoms with van der Waals surface area (Å²) in [5.41, 5.74) is 13.9. The molecule has 54 heavy (non-hydrogen) atoms. The number of nitriles is 1. The lowest BCUT2D eigenvalue weighted by Crippen LogP contribution is -1.97. The van der Waals surface area contributed by atoms with E-state index < -0.39 is 0 Å². The van der Waals surface area contributed by atoms with Crippen molar-refractivity contribution in [3.05, 3.63) is 199 Å². The van der Waals surface area contributed by atoms with Crippen molar-refractivity contribution in [2.75, 3.05) is 0 Å². The molecule has 0 saturated heterocycles. The Bertz CT molecular complexity index is 3160. The third-order valence-corrected chi connectivity index (χ3v) is 10.6. The summed E-state index contributed by atoms with van der Waals surface area (Å²) in [5.74, 6) is 0. The number of benzene rings is 8. The molecule has 0 radical (unpaired) electrons. The Hall–Kier alpha value is -7.66. The van der Waals surface area contributed by atoms with Gasteiger partial charge in [0.05, 0.1) is 39.9 Å². The maximum Gasteiger partial charge on any atom is 0.189 e. The molecule has 4 nitrogen and oxygen atoms in total. The summed E-state index contributed by atoms with van der Waals surface area (Å²) in [6.07, 6.45) is 0. The van der Waals surface area contributed by atoms with Gasteiger partial charge in [0.1, 0.15) is 6.07 Å². The number of nitrogens with zero attached hydrogens (tertiary/aromatic N) is 4. The van der Waals surface area contributed by atoms with Crippen molar-refractivity contribution in [3.63, 3.8) is 0 Å². The average molecular weight is 687 g/mol. The van der Waals surface area contributed by atoms with Crippen molar-refractivity contribution < 1.29 is 0 Å². The molecular formula is C50H30N4. The zero-order valence-electron chi connectivity index (χ0n) is 29.1. The molecular weight excluding hydrogens is 657 g/mol. The van der Waals surface area contributed by atoms with Crippen LogP contribution in [0.5, 0.6) is 0 Å². The van der Waals surface area contributed by atoms with E-state index in [1.54, 1.807) is 12.1 Å². The van der Waals surface area contributed by atoms with Gasteiger partial charge in [0.15, 0.2) is 5.69 Å². The number of hydrogen-bond donors (Lipinski definition) is 0. The van der Waals surface area contributed by atoms with E-state index in [4.69, 9.17) is 6.57 Å². The first-order chi connectivity index (χ1) is 26.7. The summed E-state index contributed by atoms with van der Waals surface area (Å²) in [6.45, 7) is 7.71. The molecule has 0 bridgehead atoms. The van der Waals surface area contributed by atoms with Crippen molar-refractivity contribution in [2.45, 2.75) is 0 Å². The van der Waals surface area contributed by atoms with Crippen molar-refractivity contribution >= 4 is 49.3 Å². The van der Waals surface area contributed by atoms with Gasteiger partial charge in [-0.25, -0.2) is 4.85 Å². The van der Waals surface area contributed by atoms with Gasteiger partial charge in [-0.3, -0.25) is 0 Å². The molecule has 10 rings (SSSR count). The minimum atomic E-state index is 0.495. The zero-order valence-corrected chi connectivity index (χ0v) is 29.1. The molecule has 4 heteroatoms. The first-order valence-electron chi connectivity index (χ1n) is 17.9. The normalized spacial score (nSPS) is 11.3. The molecule has 0 saturated carbocycles. The Kier molecular flexibility index (Phi) is 7.22. The highest BCUT2D eigenvalue weighted by Gasteiger charge is 2.19. The molecule has 0 fully saturated rings. The number of aromatic nitrogens is 2. The van der Waals surface area contributed by atoms with Gasteiger partial charge >= 0.3 is 0 Å². The Balaban J connectivity index is 1.22. The highest BCUT2D eigenvalue weighted by atomic mass is 15.0. The quantitative estimate of drug-likeness (QED) is 0.166. The first kappa shape index (κ1) is 31.1. The minimum absolute atomic E-state index is 0.495. The van der Waals surface area contributed by atoms with E-state index in [1.165, 1.54) is 21.9 Å². The van der Waals surface area contributed by atoms with Gasteiger partial charge in [0.2, 0.25) is 0 Å². The molecule has 0 spiro atoms. The maximum atomic E-state index is 10.2. The number of fused-ring (bicyclic) bond motifs is 6. The van der Waals surface area contributed by atoms with Gasteiger partial charge in [-0.1, -0.05) is 121 Å². The van der Waals surface area contributed by atoms with Crippen molar-refractivity contribution in [1.29, 1.82) is 5.26 Å². The van der Waals surface area contributed by atoms with Crippen LogP contribution in [-0.2, 0) is 0 Å². The van der Waals surface area contributed by atoms with Crippen LogP contribution in [0.1, 0.15) is 5.56 Å². The molecule has 0 aliphatic carbocycles. The van der Waals surface area contributed by atoms with Gasteiger partial charge in [-0.2, -0.15) is 5.26 Å². The zero-order chi connectivity index (χ0) is 36.2. The lowest BCUT2D eigenvalue weighted by molar-refractivity contribution is 1.17. The fraction of sp³-hybridized carbons (Fsp3) is 0. The monoisotopic (exact) mass is 686 g/mol. The molecule has 2 heterocycles. The van der Waals surface area contributed by atoms with Crippen LogP contribution < -0.4 is 0 Å². The van der Waals surface area contributed by atoms with E-state index >= 15 is 0 Å². The summed E-state index contributed by atoms with van der Waals surface area (Å²) < 4.78 is 4.50. The molecule has 0 atom stereocenters. The molecule has 0 aliphatic heterocycles. The Morgan fingerprint density at radius 3 is 1.44 bits per heavy atom. The third kappa shape index (κ3) is 4.98. The van der Waals surface area contributed by atoms with Gasteiger partial charge in [-0.05, 0) is 94.0 Å². The molecule has 0 aliphatic rings. The summed E-state index contributed by atoms with van der Waals surface area (Å²) in [7, 11) is 0. The molecule has 2 aromatic heterocycles. The van der Waals surface area contributed by atoms with E-state index in [-0.39, 0.29) is 0 Å². The average Bonchev–Trinajstić information content (AvgIpc) is 3.75. The van der Waals surface area contributed by atoms with Crippen molar-refractivity contribution in [1.82, 2.24) is 9.13 Å². The van der Waals surface area contributed by atoms with Crippen LogP contribution in [0.2, 0.25) is 0 Å². The second-order valence-corrected chi connectivity index (χ2v) is 13.6. The maximum absolute atomic E-state index is 10.2. The van der Waals surface area contributed by atoms with Crippen LogP contribution in [0.25, 0.3) is 93.2 Å². The Morgan fingerprint density at radius 1 is 0.407 bits per heavy atom. The Labute approximate surface area is 312 Å². The second-order valence-electron chi connectivity index (χ2n) is 13.6. The van der Waals surface area contributed by atoms with E-state index in [0.717, 1.165) is 60.8 Å². The lowest BCUT2D eigenvalue weighted by atomic mass is 9.99. The van der Waals surface area contributed by atoms with E-state index in [1.807, 2.05) is 12.1 Å². The molecule has 250 valence electrons. The minimum Gasteiger partial charge on any atom is -0.309 e. The fourth-order valence-corrected chi connectivity index (χ4v) is 8.01. The van der Waals surface area contributed by atoms with Crippen LogP contribution in [0.4, 0.5) is 5.69 Å². The van der Waals surface area contributed by atoms with Crippen LogP contribution >= 0.6 is 0 Å². The first-order valence-corrected chi connectivity index (χ1v) is 17.9. The van der Waals surface area contributed by atoms with Gasteiger partial charge in [-0.15, -0.1) is 0 Å². The molecule has 0 amide bonds. The van der Waals surface area contributed by atoms with Crippen LogP contribution in [0, 0.1) is 17.9 Å². The smallest absolute Gasteiger partial charge is 0.189 e. The third-order valence-electron chi connectivity index (χ3n) is 10.6. The number of para-hydroxylation sites is 1. The van der Waals surface area contributed by atoms with Crippen molar-refractivity contribution in [2.24, 2.45) is 0 Å². The number of hydrogen-bond acceptors (Lipinski definition) is 1. The van der Waals surface area contributed by atoms with Crippen LogP contribution in [-0.4, -0.2) is 9.13 Å². The summed E-state index contributed by atoms with van der Waals surface area (Å²) >= 11 is 0. The van der Waals surface area contributed by atoms with Gasteiger partial charge in [0.25, 0.3) is 0 Å². The SMILES string of the molecule is [C-]#[N+]c1ccc(C#N)c(-n2c3ccc(-c4ccccc4)cc3c3cc(-c4ccc5c6cc(-c7ccccc7)ccc6n(-c6ccccc6)c5c4)ccc32)c1. The standard InChI is InChI=1S/C50H30N4/c1-52-40-22-17-39(32-51)49(31-40)54-47-25-20-36(34-13-7-3-8-14-34)28-44(47)45-29-37(21-26-48(45)54)38-18-23-42-43-27-35(33-11-5-2-6-12-33)19-24-46(43)53(50(42)30-38)41-15-9-4-10-16-41/h2-31H. The highest BCUT2D eigenvalue weighted by molar-refractivity contribution is 6.13. The summed E-state index contributed by atoms with van der Waals surface area (Å²) in [5, 5.41) is 14.8. The second kappa shape index (κ2) is 12.5. The lowest BCUT2D eigenvalue weighted by Gasteiger charge is -2.11. The largest absolute Gasteiger partial charge is 0.309 e. The molecule has 0 unspecified atom stereocenters.